The fraction of sp³-hybridized carbons (Fsp3) is 0.455. The maximum absolute atomic E-state index is 11.1. The van der Waals surface area contributed by atoms with Gasteiger partial charge in [-0.25, -0.2) is 4.79 Å². The van der Waals surface area contributed by atoms with Crippen LogP contribution in [0.1, 0.15) is 6.92 Å². The molecule has 0 unspecified atom stereocenters. The molecule has 5 nitrogen and oxygen atoms in total. The zero-order chi connectivity index (χ0) is 12.1. The SMILES string of the molecule is C=C[C@H](OC(C)=O)[C@H]1OC(=O)C=C[C@H]1OC. The van der Waals surface area contributed by atoms with Gasteiger partial charge in [-0.2, -0.15) is 0 Å². The zero-order valence-corrected chi connectivity index (χ0v) is 9.21. The van der Waals surface area contributed by atoms with Gasteiger partial charge in [-0.05, 0) is 12.2 Å². The highest BCUT2D eigenvalue weighted by molar-refractivity contribution is 5.83. The van der Waals surface area contributed by atoms with Crippen LogP contribution >= 0.6 is 0 Å². The van der Waals surface area contributed by atoms with Gasteiger partial charge in [0.2, 0.25) is 0 Å². The molecular weight excluding hydrogens is 212 g/mol. The van der Waals surface area contributed by atoms with Gasteiger partial charge in [0, 0.05) is 20.1 Å². The molecule has 16 heavy (non-hydrogen) atoms. The fourth-order valence-electron chi connectivity index (χ4n) is 1.43. The van der Waals surface area contributed by atoms with Gasteiger partial charge < -0.3 is 14.2 Å². The lowest BCUT2D eigenvalue weighted by Gasteiger charge is -2.30. The molecule has 0 saturated heterocycles. The topological polar surface area (TPSA) is 61.8 Å². The molecule has 0 aromatic rings. The third-order valence-corrected chi connectivity index (χ3v) is 2.13. The van der Waals surface area contributed by atoms with Crippen LogP contribution in [0.4, 0.5) is 0 Å². The molecule has 5 heteroatoms. The highest BCUT2D eigenvalue weighted by Gasteiger charge is 2.34. The average molecular weight is 226 g/mol. The van der Waals surface area contributed by atoms with Crippen molar-refractivity contribution in [2.45, 2.75) is 25.2 Å². The number of ether oxygens (including phenoxy) is 3. The van der Waals surface area contributed by atoms with Crippen molar-refractivity contribution in [1.82, 2.24) is 0 Å². The van der Waals surface area contributed by atoms with Crippen LogP contribution in [0.15, 0.2) is 24.8 Å². The van der Waals surface area contributed by atoms with Gasteiger partial charge in [0.1, 0.15) is 6.10 Å². The molecule has 0 N–H and O–H groups in total. The first-order chi connectivity index (χ1) is 7.58. The third kappa shape index (κ3) is 2.93. The third-order valence-electron chi connectivity index (χ3n) is 2.13. The maximum Gasteiger partial charge on any atom is 0.331 e. The van der Waals surface area contributed by atoms with E-state index in [1.807, 2.05) is 0 Å². The summed E-state index contributed by atoms with van der Waals surface area (Å²) in [5.41, 5.74) is 0. The zero-order valence-electron chi connectivity index (χ0n) is 9.21. The maximum atomic E-state index is 11.1. The Morgan fingerprint density at radius 1 is 1.69 bits per heavy atom. The summed E-state index contributed by atoms with van der Waals surface area (Å²) in [6.07, 6.45) is 2.40. The molecule has 88 valence electrons. The smallest absolute Gasteiger partial charge is 0.331 e. The second kappa shape index (κ2) is 5.46. The van der Waals surface area contributed by atoms with Crippen LogP contribution in [0.2, 0.25) is 0 Å². The van der Waals surface area contributed by atoms with Crippen molar-refractivity contribution in [2.24, 2.45) is 0 Å². The van der Waals surface area contributed by atoms with E-state index in [9.17, 15) is 9.59 Å². The van der Waals surface area contributed by atoms with Gasteiger partial charge >= 0.3 is 11.9 Å². The molecule has 0 radical (unpaired) electrons. The Labute approximate surface area is 93.7 Å². The lowest BCUT2D eigenvalue weighted by molar-refractivity contribution is -0.169. The molecule has 0 bridgehead atoms. The summed E-state index contributed by atoms with van der Waals surface area (Å²) in [5, 5.41) is 0. The van der Waals surface area contributed by atoms with E-state index in [-0.39, 0.29) is 0 Å². The van der Waals surface area contributed by atoms with Gasteiger partial charge in [-0.15, -0.1) is 0 Å². The number of carbonyl (C=O) groups excluding carboxylic acids is 2. The molecular formula is C11H14O5. The van der Waals surface area contributed by atoms with Crippen molar-refractivity contribution < 1.29 is 23.8 Å². The number of hydrogen-bond acceptors (Lipinski definition) is 5. The lowest BCUT2D eigenvalue weighted by atomic mass is 10.1. The molecule has 0 fully saturated rings. The first-order valence-corrected chi connectivity index (χ1v) is 4.80. The summed E-state index contributed by atoms with van der Waals surface area (Å²) in [7, 11) is 1.48. The minimum atomic E-state index is -0.712. The van der Waals surface area contributed by atoms with E-state index in [0.717, 1.165) is 0 Å². The van der Waals surface area contributed by atoms with Crippen molar-refractivity contribution in [3.05, 3.63) is 24.8 Å². The molecule has 1 aliphatic heterocycles. The van der Waals surface area contributed by atoms with E-state index in [2.05, 4.69) is 6.58 Å². The molecule has 1 rings (SSSR count). The lowest BCUT2D eigenvalue weighted by Crippen LogP contribution is -2.44. The molecule has 0 aromatic heterocycles. The first-order valence-electron chi connectivity index (χ1n) is 4.80. The van der Waals surface area contributed by atoms with Crippen molar-refractivity contribution in [1.29, 1.82) is 0 Å². The largest absolute Gasteiger partial charge is 0.454 e. The van der Waals surface area contributed by atoms with Crippen molar-refractivity contribution in [2.75, 3.05) is 7.11 Å². The molecule has 0 saturated carbocycles. The number of cyclic esters (lactones) is 1. The van der Waals surface area contributed by atoms with Crippen LogP contribution < -0.4 is 0 Å². The quantitative estimate of drug-likeness (QED) is 0.519. The average Bonchev–Trinajstić information content (AvgIpc) is 2.25. The first kappa shape index (κ1) is 12.4. The molecule has 1 aliphatic rings. The Hall–Kier alpha value is -1.62. The van der Waals surface area contributed by atoms with E-state index >= 15 is 0 Å². The van der Waals surface area contributed by atoms with E-state index in [0.29, 0.717) is 0 Å². The standard InChI is InChI=1S/C11H14O5/c1-4-8(15-7(2)12)11-9(14-3)5-6-10(13)16-11/h4-6,8-9,11H,1H2,2-3H3/t8-,9+,11+/m0/s1. The predicted octanol–water partition coefficient (Wildman–Crippen LogP) is 0.601. The number of carbonyl (C=O) groups is 2. The Morgan fingerprint density at radius 3 is 2.88 bits per heavy atom. The second-order valence-corrected chi connectivity index (χ2v) is 3.27. The minimum absolute atomic E-state index is 0.444. The molecule has 0 aromatic carbocycles. The van der Waals surface area contributed by atoms with E-state index < -0.39 is 30.3 Å². The Bertz CT molecular complexity index is 320. The van der Waals surface area contributed by atoms with Crippen LogP contribution in [0.25, 0.3) is 0 Å². The van der Waals surface area contributed by atoms with Crippen molar-refractivity contribution in [3.8, 4) is 0 Å². The number of esters is 2. The molecule has 0 aliphatic carbocycles. The summed E-state index contributed by atoms with van der Waals surface area (Å²) in [6.45, 7) is 4.81. The van der Waals surface area contributed by atoms with E-state index in [1.165, 1.54) is 26.2 Å². The fourth-order valence-corrected chi connectivity index (χ4v) is 1.43. The van der Waals surface area contributed by atoms with Crippen LogP contribution in [0, 0.1) is 0 Å². The van der Waals surface area contributed by atoms with Gasteiger partial charge in [0.25, 0.3) is 0 Å². The van der Waals surface area contributed by atoms with Gasteiger partial charge in [-0.3, -0.25) is 4.79 Å². The summed E-state index contributed by atoms with van der Waals surface area (Å²) in [4.78, 5) is 22.0. The highest BCUT2D eigenvalue weighted by Crippen LogP contribution is 2.18. The molecule has 1 heterocycles. The normalized spacial score (nSPS) is 25.8. The van der Waals surface area contributed by atoms with Crippen molar-refractivity contribution >= 4 is 11.9 Å². The molecule has 0 amide bonds. The molecule has 0 spiro atoms. The number of methoxy groups -OCH3 is 1. The van der Waals surface area contributed by atoms with Crippen molar-refractivity contribution in [3.63, 3.8) is 0 Å². The number of hydrogen-bond donors (Lipinski definition) is 0. The molecule has 3 atom stereocenters. The van der Waals surface area contributed by atoms with E-state index in [1.54, 1.807) is 6.08 Å². The predicted molar refractivity (Wildman–Crippen MR) is 55.6 cm³/mol. The van der Waals surface area contributed by atoms with Gasteiger partial charge in [0.15, 0.2) is 12.2 Å². The van der Waals surface area contributed by atoms with Crippen LogP contribution in [-0.4, -0.2) is 37.4 Å². The summed E-state index contributed by atoms with van der Waals surface area (Å²) >= 11 is 0. The van der Waals surface area contributed by atoms with Crippen LogP contribution in [0.5, 0.6) is 0 Å². The highest BCUT2D eigenvalue weighted by atomic mass is 16.6. The minimum Gasteiger partial charge on any atom is -0.454 e. The van der Waals surface area contributed by atoms with E-state index in [4.69, 9.17) is 14.2 Å². The Kier molecular flexibility index (Phi) is 4.25. The van der Waals surface area contributed by atoms with Crippen LogP contribution in [-0.2, 0) is 23.8 Å². The number of rotatable bonds is 4. The second-order valence-electron chi connectivity index (χ2n) is 3.27. The summed E-state index contributed by atoms with van der Waals surface area (Å²) < 4.78 is 15.1. The monoisotopic (exact) mass is 226 g/mol. The van der Waals surface area contributed by atoms with Gasteiger partial charge in [0.05, 0.1) is 0 Å². The van der Waals surface area contributed by atoms with Gasteiger partial charge in [-0.1, -0.05) is 6.58 Å². The Morgan fingerprint density at radius 2 is 2.38 bits per heavy atom. The summed E-state index contributed by atoms with van der Waals surface area (Å²) in [5.74, 6) is -0.956. The summed E-state index contributed by atoms with van der Waals surface area (Å²) in [6, 6.07) is 0. The Balaban J connectivity index is 2.81. The van der Waals surface area contributed by atoms with Crippen LogP contribution in [0.3, 0.4) is 0 Å².